The summed E-state index contributed by atoms with van der Waals surface area (Å²) in [4.78, 5) is 88.5. The predicted molar refractivity (Wildman–Crippen MR) is 552 cm³/mol. The number of amides is 4. The van der Waals surface area contributed by atoms with Crippen LogP contribution in [0.1, 0.15) is 182 Å². The number of benzene rings is 12. The van der Waals surface area contributed by atoms with Gasteiger partial charge >= 0.3 is 0 Å². The minimum Gasteiger partial charge on any atom is -0.326 e. The molecule has 706 valence electrons. The standard InChI is InChI=1S/2C29H23FN4OS.C28H22FN5OS.C28H21FN4OS/c1-16-14-34-25-21-10-6-4-8-18(21)22(26(34)31-16)13-29(25,2)27(35)33-28-32-24(15-36-28)20-11-12-23(30)19-9-5-3-7-17(19)20;1-28-16-29(2,24(34-14-13-31-25(28)34)20-9-5-6-10-21(20)28)26(35)33-27-32-23(15-36-27)19-11-12-22(30)18-8-4-3-7-17(18)19;1-15-32-33-25-21-13-28(2,24(34(15)25)20-10-6-4-8-17(20)21)26(35)31-27-30-23(14-36-27)19-11-12-22(29)18-9-5-3-7-16(18)19;1-28(14-21-17-7-3-5-9-20(17)24(28)33-13-12-30-25(21)33)26(34)32-27-31-23(15-35-27)19-10-11-22(29)18-8-4-2-6-16(18)19/h3-12,14-15,22,25H,13H2,1-2H3,(H,32,33,35);3-15,24H,16H2,1-2H3,(H,32,33,35);3-12,14,21,24H,13H2,1-2H3,(H,30,31,35);2-13,15,21,24H,14H2,1H3,(H,31,32,34). The lowest BCUT2D eigenvalue weighted by Gasteiger charge is -2.54. The first kappa shape index (κ1) is 89.0. The fraction of sp³-hybridized carbons (Fsp3) is 0.202. The molecule has 0 saturated carbocycles. The van der Waals surface area contributed by atoms with E-state index in [1.54, 1.807) is 48.5 Å². The summed E-state index contributed by atoms with van der Waals surface area (Å²) in [7, 11) is 0. The van der Waals surface area contributed by atoms with Crippen molar-refractivity contribution in [2.24, 2.45) is 21.7 Å². The van der Waals surface area contributed by atoms with Crippen LogP contribution in [0, 0.1) is 58.8 Å². The van der Waals surface area contributed by atoms with Crippen LogP contribution in [0.4, 0.5) is 38.1 Å². The van der Waals surface area contributed by atoms with Crippen LogP contribution in [-0.2, 0) is 24.6 Å². The third-order valence-corrected chi connectivity index (χ3v) is 34.1. The number of aryl methyl sites for hydroxylation is 2. The number of anilines is 4. The number of fused-ring (bicyclic) bond motifs is 8. The fourth-order valence-electron chi connectivity index (χ4n) is 24.7. The summed E-state index contributed by atoms with van der Waals surface area (Å²) in [5.41, 5.74) is 13.9. The Morgan fingerprint density at radius 3 is 1.09 bits per heavy atom. The minimum absolute atomic E-state index is 0.0144. The molecule has 0 saturated heterocycles. The van der Waals surface area contributed by atoms with E-state index in [1.807, 2.05) is 184 Å². The molecule has 0 radical (unpaired) electrons. The number of nitrogens with one attached hydrogen (secondary N) is 4. The molecule has 16 heterocycles. The molecular formula is C114H89F4N17O4S4. The van der Waals surface area contributed by atoms with Crippen LogP contribution >= 0.6 is 45.3 Å². The van der Waals surface area contributed by atoms with E-state index in [2.05, 4.69) is 146 Å². The lowest BCUT2D eigenvalue weighted by atomic mass is 9.55. The lowest BCUT2D eigenvalue weighted by molar-refractivity contribution is -0.130. The number of hydrogen-bond donors (Lipinski definition) is 4. The molecule has 21 nitrogen and oxygen atoms in total. The SMILES string of the molecule is CC1(C(=O)Nc2nc(-c3ccc(F)c4ccccc34)cs2)CC2c3ccccc3C1n1ccnc12.CC12CC(C)(C(=O)Nc3nc(-c4ccc(F)c5ccccc45)cs3)C(c3ccccc31)n1ccnc12.Cc1cn2c(n1)C1CC(C)(C(=O)Nc3nc(-c4ccc(F)c5ccccc45)cs3)C2c2ccccc21.Cc1nnc2n1C1c3ccccc3C2CC1(C)C(=O)Nc1nc(-c2ccc(F)c3ccccc23)cs1. The Morgan fingerprint density at radius 2 is 0.664 bits per heavy atom. The first-order chi connectivity index (χ1) is 69.3. The zero-order valence-corrected chi connectivity index (χ0v) is 81.5. The summed E-state index contributed by atoms with van der Waals surface area (Å²) in [6.07, 6.45) is 12.4. The maximum Gasteiger partial charge on any atom is 0.234 e. The molecule has 8 aliphatic heterocycles. The first-order valence-electron chi connectivity index (χ1n) is 47.5. The monoisotopic (exact) mass is 1960 g/mol. The van der Waals surface area contributed by atoms with Gasteiger partial charge in [0.2, 0.25) is 23.6 Å². The normalized spacial score (nSPS) is 22.4. The second-order valence-corrected chi connectivity index (χ2v) is 43.0. The third-order valence-electron chi connectivity index (χ3n) is 31.1. The molecule has 4 N–H and O–H groups in total. The van der Waals surface area contributed by atoms with Crippen molar-refractivity contribution in [3.8, 4) is 45.0 Å². The maximum atomic E-state index is 14.3. The molecule has 20 aromatic rings. The number of halogens is 4. The molecule has 4 aliphatic carbocycles. The summed E-state index contributed by atoms with van der Waals surface area (Å²) < 4.78 is 65.9. The molecule has 8 bridgehead atoms. The highest BCUT2D eigenvalue weighted by atomic mass is 32.1. The molecule has 0 spiro atoms. The van der Waals surface area contributed by atoms with E-state index >= 15 is 0 Å². The van der Waals surface area contributed by atoms with Gasteiger partial charge in [0.15, 0.2) is 20.5 Å². The zero-order chi connectivity index (χ0) is 97.6. The van der Waals surface area contributed by atoms with Gasteiger partial charge in [0.25, 0.3) is 0 Å². The van der Waals surface area contributed by atoms with Gasteiger partial charge in [0.1, 0.15) is 52.4 Å². The Labute approximate surface area is 834 Å². The Bertz CT molecular complexity index is 8670. The number of hydrogen-bond acceptors (Lipinski definition) is 17. The van der Waals surface area contributed by atoms with Gasteiger partial charge in [0.05, 0.1) is 79.7 Å². The average Bonchev–Trinajstić information content (AvgIpc) is 1.68. The minimum atomic E-state index is -0.701. The topological polar surface area (TPSA) is 252 Å². The number of imidazole rings is 3. The number of rotatable bonds is 12. The smallest absolute Gasteiger partial charge is 0.234 e. The predicted octanol–water partition coefficient (Wildman–Crippen LogP) is 25.7. The van der Waals surface area contributed by atoms with Crippen LogP contribution < -0.4 is 21.3 Å². The molecule has 8 aromatic heterocycles. The highest BCUT2D eigenvalue weighted by molar-refractivity contribution is 7.15. The Hall–Kier alpha value is -15.4. The number of nitrogens with zero attached hydrogens (tertiary/aromatic N) is 13. The summed E-state index contributed by atoms with van der Waals surface area (Å²) in [5.74, 6) is 3.74. The molecule has 12 atom stereocenters. The number of aromatic nitrogens is 13. The summed E-state index contributed by atoms with van der Waals surface area (Å²) in [6, 6.07) is 75.3. The quantitative estimate of drug-likeness (QED) is 0.0832. The van der Waals surface area contributed by atoms with Crippen molar-refractivity contribution in [3.63, 3.8) is 0 Å². The van der Waals surface area contributed by atoms with Crippen molar-refractivity contribution in [2.75, 3.05) is 21.3 Å². The molecular weight excluding hydrogens is 1880 g/mol. The van der Waals surface area contributed by atoms with Gasteiger partial charge in [-0.15, -0.1) is 55.5 Å². The summed E-state index contributed by atoms with van der Waals surface area (Å²) >= 11 is 5.53. The van der Waals surface area contributed by atoms with Crippen molar-refractivity contribution in [3.05, 3.63) is 398 Å². The highest BCUT2D eigenvalue weighted by Gasteiger charge is 2.62. The lowest BCUT2D eigenvalue weighted by Crippen LogP contribution is -2.55. The zero-order valence-electron chi connectivity index (χ0n) is 78.3. The van der Waals surface area contributed by atoms with Crippen LogP contribution in [0.3, 0.4) is 0 Å². The maximum absolute atomic E-state index is 14.3. The molecule has 32 rings (SSSR count). The van der Waals surface area contributed by atoms with Crippen molar-refractivity contribution < 1.29 is 36.7 Å². The number of carbonyl (C=O) groups excluding carboxylic acids is 4. The van der Waals surface area contributed by atoms with E-state index in [-0.39, 0.29) is 94.2 Å². The van der Waals surface area contributed by atoms with Crippen molar-refractivity contribution in [1.82, 2.24) is 63.4 Å². The molecule has 29 heteroatoms. The van der Waals surface area contributed by atoms with E-state index in [4.69, 9.17) is 24.9 Å². The van der Waals surface area contributed by atoms with Gasteiger partial charge < -0.3 is 39.5 Å². The second-order valence-electron chi connectivity index (χ2n) is 39.5. The second kappa shape index (κ2) is 33.6. The fourth-order valence-corrected chi connectivity index (χ4v) is 27.5. The number of carbonyl (C=O) groups is 4. The van der Waals surface area contributed by atoms with Crippen molar-refractivity contribution in [1.29, 1.82) is 0 Å². The van der Waals surface area contributed by atoms with E-state index in [1.165, 1.54) is 109 Å². The first-order valence-corrected chi connectivity index (χ1v) is 51.0. The summed E-state index contributed by atoms with van der Waals surface area (Å²) in [6.45, 7) is 14.3. The van der Waals surface area contributed by atoms with E-state index in [0.29, 0.717) is 73.4 Å². The van der Waals surface area contributed by atoms with Gasteiger partial charge in [-0.3, -0.25) is 19.2 Å². The van der Waals surface area contributed by atoms with Gasteiger partial charge in [-0.1, -0.05) is 194 Å². The van der Waals surface area contributed by atoms with Crippen LogP contribution in [0.5, 0.6) is 0 Å². The molecule has 12 aliphatic rings. The van der Waals surface area contributed by atoms with Crippen LogP contribution in [0.15, 0.2) is 295 Å². The molecule has 12 unspecified atom stereocenters. The van der Waals surface area contributed by atoms with Crippen LogP contribution in [0.2, 0.25) is 0 Å². The Balaban J connectivity index is 0.000000100. The molecule has 143 heavy (non-hydrogen) atoms. The van der Waals surface area contributed by atoms with E-state index in [0.717, 1.165) is 101 Å². The van der Waals surface area contributed by atoms with E-state index < -0.39 is 21.7 Å². The van der Waals surface area contributed by atoms with Crippen LogP contribution in [-0.4, -0.2) is 87.0 Å². The van der Waals surface area contributed by atoms with Gasteiger partial charge in [-0.25, -0.2) is 52.4 Å². The third kappa shape index (κ3) is 14.0. The van der Waals surface area contributed by atoms with Gasteiger partial charge in [-0.2, -0.15) is 0 Å². The van der Waals surface area contributed by atoms with Crippen molar-refractivity contribution in [2.45, 2.75) is 121 Å². The summed E-state index contributed by atoms with van der Waals surface area (Å²) in [5, 5.41) is 36.5. The largest absolute Gasteiger partial charge is 0.326 e. The average molecular weight is 1970 g/mol. The van der Waals surface area contributed by atoms with Gasteiger partial charge in [0, 0.05) is 114 Å². The highest BCUT2D eigenvalue weighted by Crippen LogP contribution is 2.64. The van der Waals surface area contributed by atoms with Gasteiger partial charge in [-0.05, 0) is 189 Å². The number of thiazole rings is 4. The molecule has 12 aromatic carbocycles. The molecule has 4 amide bonds. The Morgan fingerprint density at radius 1 is 0.336 bits per heavy atom. The Kier molecular flexibility index (Phi) is 20.9. The van der Waals surface area contributed by atoms with E-state index in [9.17, 15) is 36.7 Å². The van der Waals surface area contributed by atoms with Crippen LogP contribution in [0.25, 0.3) is 88.1 Å². The van der Waals surface area contributed by atoms with Crippen molar-refractivity contribution >= 4 is 133 Å². The molecule has 0 fully saturated rings.